The average Bonchev–Trinajstić information content (AvgIpc) is 2.69. The zero-order valence-corrected chi connectivity index (χ0v) is 9.74. The zero-order valence-electron chi connectivity index (χ0n) is 9.74. The van der Waals surface area contributed by atoms with Crippen molar-refractivity contribution in [3.05, 3.63) is 0 Å². The number of nitrogens with zero attached hydrogens (tertiary/aromatic N) is 1. The van der Waals surface area contributed by atoms with Crippen LogP contribution in [0.5, 0.6) is 0 Å². The number of carbonyl (C=O) groups excluding carboxylic acids is 2. The maximum Gasteiger partial charge on any atom is 0.242 e. The fraction of sp³-hybridized carbons (Fsp3) is 0.700. The van der Waals surface area contributed by atoms with Gasteiger partial charge in [-0.05, 0) is 19.3 Å². The molecule has 0 aromatic carbocycles. The molecular weight excluding hydrogens is 222 g/mol. The summed E-state index contributed by atoms with van der Waals surface area (Å²) >= 11 is 0. The molecule has 0 aromatic heterocycles. The fourth-order valence-corrected chi connectivity index (χ4v) is 1.59. The van der Waals surface area contributed by atoms with Crippen LogP contribution in [0.4, 0.5) is 0 Å². The second kappa shape index (κ2) is 6.72. The zero-order chi connectivity index (χ0) is 12.7. The first-order chi connectivity index (χ1) is 8.09. The first-order valence-electron chi connectivity index (χ1n) is 5.72. The normalized spacial score (nSPS) is 18.6. The van der Waals surface area contributed by atoms with Gasteiger partial charge in [-0.15, -0.1) is 0 Å². The number of aliphatic imine (C=N–C) groups is 1. The number of rotatable bonds is 6. The van der Waals surface area contributed by atoms with Crippen molar-refractivity contribution in [2.45, 2.75) is 31.7 Å². The van der Waals surface area contributed by atoms with Crippen LogP contribution in [-0.4, -0.2) is 36.9 Å². The summed E-state index contributed by atoms with van der Waals surface area (Å²) in [6.07, 6.45) is 2.64. The first-order valence-corrected chi connectivity index (χ1v) is 5.72. The lowest BCUT2D eigenvalue weighted by molar-refractivity contribution is -0.125. The van der Waals surface area contributed by atoms with Crippen LogP contribution in [0.2, 0.25) is 0 Å². The largest absolute Gasteiger partial charge is 0.370 e. The van der Waals surface area contributed by atoms with E-state index in [9.17, 15) is 9.59 Å². The lowest BCUT2D eigenvalue weighted by Gasteiger charge is -2.10. The summed E-state index contributed by atoms with van der Waals surface area (Å²) in [6, 6.07) is -0.361. The van der Waals surface area contributed by atoms with Gasteiger partial charge in [0.2, 0.25) is 11.8 Å². The molecule has 6 N–H and O–H groups in total. The SMILES string of the molecule is NC(N)=NCCCCNC(=O)C1CCC(=O)N1. The van der Waals surface area contributed by atoms with Crippen molar-refractivity contribution in [2.75, 3.05) is 13.1 Å². The lowest BCUT2D eigenvalue weighted by atomic mass is 10.2. The Balaban J connectivity index is 2.04. The van der Waals surface area contributed by atoms with Crippen molar-refractivity contribution < 1.29 is 9.59 Å². The molecule has 1 atom stereocenters. The minimum Gasteiger partial charge on any atom is -0.370 e. The van der Waals surface area contributed by atoms with Gasteiger partial charge in [0, 0.05) is 19.5 Å². The van der Waals surface area contributed by atoms with Crippen molar-refractivity contribution in [3.8, 4) is 0 Å². The van der Waals surface area contributed by atoms with E-state index >= 15 is 0 Å². The van der Waals surface area contributed by atoms with Crippen LogP contribution in [0.25, 0.3) is 0 Å². The second-order valence-electron chi connectivity index (χ2n) is 3.96. The highest BCUT2D eigenvalue weighted by Gasteiger charge is 2.26. The number of hydrogen-bond acceptors (Lipinski definition) is 3. The Kier molecular flexibility index (Phi) is 5.25. The van der Waals surface area contributed by atoms with Crippen molar-refractivity contribution in [2.24, 2.45) is 16.5 Å². The summed E-state index contributed by atoms with van der Waals surface area (Å²) in [4.78, 5) is 26.3. The number of amides is 2. The molecule has 2 amide bonds. The third-order valence-corrected chi connectivity index (χ3v) is 2.49. The van der Waals surface area contributed by atoms with Crippen LogP contribution >= 0.6 is 0 Å². The highest BCUT2D eigenvalue weighted by atomic mass is 16.2. The van der Waals surface area contributed by atoms with Crippen LogP contribution in [0.15, 0.2) is 4.99 Å². The van der Waals surface area contributed by atoms with Gasteiger partial charge in [0.15, 0.2) is 5.96 Å². The molecule has 0 bridgehead atoms. The van der Waals surface area contributed by atoms with E-state index in [1.807, 2.05) is 0 Å². The number of guanidine groups is 1. The molecule has 17 heavy (non-hydrogen) atoms. The highest BCUT2D eigenvalue weighted by Crippen LogP contribution is 2.06. The maximum absolute atomic E-state index is 11.5. The molecule has 7 nitrogen and oxygen atoms in total. The molecule has 96 valence electrons. The molecule has 1 aliphatic heterocycles. The van der Waals surface area contributed by atoms with E-state index in [0.29, 0.717) is 25.9 Å². The second-order valence-corrected chi connectivity index (χ2v) is 3.96. The van der Waals surface area contributed by atoms with E-state index in [-0.39, 0.29) is 23.8 Å². The van der Waals surface area contributed by atoms with Gasteiger partial charge in [-0.1, -0.05) is 0 Å². The molecule has 0 saturated carbocycles. The first kappa shape index (κ1) is 13.3. The van der Waals surface area contributed by atoms with Gasteiger partial charge in [0.25, 0.3) is 0 Å². The maximum atomic E-state index is 11.5. The molecule has 1 fully saturated rings. The number of carbonyl (C=O) groups is 2. The molecular formula is C10H19N5O2. The summed E-state index contributed by atoms with van der Waals surface area (Å²) in [6.45, 7) is 1.14. The van der Waals surface area contributed by atoms with E-state index in [1.165, 1.54) is 0 Å². The highest BCUT2D eigenvalue weighted by molar-refractivity contribution is 5.90. The van der Waals surface area contributed by atoms with E-state index in [4.69, 9.17) is 11.5 Å². The van der Waals surface area contributed by atoms with Crippen LogP contribution in [0.3, 0.4) is 0 Å². The van der Waals surface area contributed by atoms with Gasteiger partial charge >= 0.3 is 0 Å². The summed E-state index contributed by atoms with van der Waals surface area (Å²) in [5.41, 5.74) is 10.3. The van der Waals surface area contributed by atoms with Gasteiger partial charge in [0.1, 0.15) is 6.04 Å². The van der Waals surface area contributed by atoms with Gasteiger partial charge in [-0.2, -0.15) is 0 Å². The quantitative estimate of drug-likeness (QED) is 0.255. The topological polar surface area (TPSA) is 123 Å². The average molecular weight is 241 g/mol. The Labute approximate surface area is 100 Å². The minimum absolute atomic E-state index is 0.0575. The van der Waals surface area contributed by atoms with Gasteiger partial charge in [0.05, 0.1) is 0 Å². The molecule has 1 unspecified atom stereocenters. The Hall–Kier alpha value is -1.79. The summed E-state index contributed by atoms with van der Waals surface area (Å²) in [5.74, 6) is -0.0849. The number of unbranched alkanes of at least 4 members (excludes halogenated alkanes) is 1. The molecule has 7 heteroatoms. The fourth-order valence-electron chi connectivity index (χ4n) is 1.59. The van der Waals surface area contributed by atoms with Crippen molar-refractivity contribution in [1.29, 1.82) is 0 Å². The minimum atomic E-state index is -0.361. The molecule has 1 rings (SSSR count). The van der Waals surface area contributed by atoms with Gasteiger partial charge in [-0.3, -0.25) is 14.6 Å². The Morgan fingerprint density at radius 2 is 2.24 bits per heavy atom. The Morgan fingerprint density at radius 1 is 1.47 bits per heavy atom. The number of nitrogens with two attached hydrogens (primary N) is 2. The molecule has 1 aliphatic rings. The van der Waals surface area contributed by atoms with Crippen LogP contribution in [0, 0.1) is 0 Å². The molecule has 0 radical (unpaired) electrons. The third kappa shape index (κ3) is 5.19. The van der Waals surface area contributed by atoms with E-state index in [0.717, 1.165) is 12.8 Å². The van der Waals surface area contributed by atoms with Crippen LogP contribution in [-0.2, 0) is 9.59 Å². The van der Waals surface area contributed by atoms with E-state index < -0.39 is 0 Å². The lowest BCUT2D eigenvalue weighted by Crippen LogP contribution is -2.41. The smallest absolute Gasteiger partial charge is 0.242 e. The molecule has 0 aromatic rings. The Bertz CT molecular complexity index is 312. The van der Waals surface area contributed by atoms with E-state index in [2.05, 4.69) is 15.6 Å². The van der Waals surface area contributed by atoms with Crippen molar-refractivity contribution >= 4 is 17.8 Å². The van der Waals surface area contributed by atoms with Gasteiger partial charge in [-0.25, -0.2) is 0 Å². The standard InChI is InChI=1S/C10H19N5O2/c11-10(12)14-6-2-1-5-13-9(17)7-3-4-8(16)15-7/h7H,1-6H2,(H,13,17)(H,15,16)(H4,11,12,14). The third-order valence-electron chi connectivity index (χ3n) is 2.49. The van der Waals surface area contributed by atoms with E-state index in [1.54, 1.807) is 0 Å². The predicted molar refractivity (Wildman–Crippen MR) is 64.1 cm³/mol. The monoisotopic (exact) mass is 241 g/mol. The summed E-state index contributed by atoms with van der Waals surface area (Å²) < 4.78 is 0. The predicted octanol–water partition coefficient (Wildman–Crippen LogP) is -1.57. The summed E-state index contributed by atoms with van der Waals surface area (Å²) in [5, 5.41) is 5.38. The molecule has 1 heterocycles. The van der Waals surface area contributed by atoms with Crippen LogP contribution < -0.4 is 22.1 Å². The van der Waals surface area contributed by atoms with Crippen LogP contribution in [0.1, 0.15) is 25.7 Å². The van der Waals surface area contributed by atoms with Crippen molar-refractivity contribution in [1.82, 2.24) is 10.6 Å². The van der Waals surface area contributed by atoms with Crippen molar-refractivity contribution in [3.63, 3.8) is 0 Å². The Morgan fingerprint density at radius 3 is 2.82 bits per heavy atom. The molecule has 0 aliphatic carbocycles. The molecule has 1 saturated heterocycles. The summed E-state index contributed by atoms with van der Waals surface area (Å²) in [7, 11) is 0. The van der Waals surface area contributed by atoms with Gasteiger partial charge < -0.3 is 22.1 Å². The number of nitrogens with one attached hydrogen (secondary N) is 2. The molecule has 0 spiro atoms. The number of hydrogen-bond donors (Lipinski definition) is 4.